The van der Waals surface area contributed by atoms with Crippen molar-refractivity contribution in [1.29, 1.82) is 0 Å². The van der Waals surface area contributed by atoms with Crippen LogP contribution in [-0.2, 0) is 0 Å². The van der Waals surface area contributed by atoms with Crippen molar-refractivity contribution >= 4 is 34.4 Å². The van der Waals surface area contributed by atoms with E-state index >= 15 is 0 Å². The highest BCUT2D eigenvalue weighted by atomic mass is 127. The van der Waals surface area contributed by atoms with Gasteiger partial charge >= 0.3 is 0 Å². The van der Waals surface area contributed by atoms with E-state index in [0.29, 0.717) is 31.7 Å². The van der Waals surface area contributed by atoms with Crippen molar-refractivity contribution in [3.8, 4) is 5.75 Å². The van der Waals surface area contributed by atoms with E-state index < -0.39 is 0 Å². The van der Waals surface area contributed by atoms with Crippen LogP contribution in [0.3, 0.4) is 0 Å². The van der Waals surface area contributed by atoms with E-state index in [1.807, 2.05) is 29.2 Å². The van der Waals surface area contributed by atoms with E-state index in [0.717, 1.165) is 14.9 Å². The number of nitrogens with zero attached hydrogens (tertiary/aromatic N) is 2. The Morgan fingerprint density at radius 2 is 1.44 bits per heavy atom. The molecule has 6 heteroatoms. The largest absolute Gasteiger partial charge is 0.497 e. The minimum absolute atomic E-state index is 0.0101. The first kappa shape index (κ1) is 17.7. The first-order chi connectivity index (χ1) is 12.1. The second-order valence-corrected chi connectivity index (χ2v) is 6.95. The van der Waals surface area contributed by atoms with Crippen molar-refractivity contribution in [1.82, 2.24) is 9.80 Å². The third kappa shape index (κ3) is 3.95. The molecule has 1 aliphatic heterocycles. The van der Waals surface area contributed by atoms with Gasteiger partial charge in [0.15, 0.2) is 0 Å². The van der Waals surface area contributed by atoms with Crippen LogP contribution in [0.4, 0.5) is 0 Å². The number of benzene rings is 2. The van der Waals surface area contributed by atoms with Gasteiger partial charge < -0.3 is 14.5 Å². The van der Waals surface area contributed by atoms with E-state index in [9.17, 15) is 9.59 Å². The van der Waals surface area contributed by atoms with Crippen LogP contribution < -0.4 is 4.74 Å². The van der Waals surface area contributed by atoms with Crippen LogP contribution in [0.1, 0.15) is 20.7 Å². The fraction of sp³-hybridized carbons (Fsp3) is 0.263. The predicted molar refractivity (Wildman–Crippen MR) is 104 cm³/mol. The van der Waals surface area contributed by atoms with Crippen molar-refractivity contribution < 1.29 is 14.3 Å². The minimum Gasteiger partial charge on any atom is -0.497 e. The second-order valence-electron chi connectivity index (χ2n) is 5.79. The van der Waals surface area contributed by atoms with Crippen LogP contribution in [0.25, 0.3) is 0 Å². The quantitative estimate of drug-likeness (QED) is 0.676. The molecule has 0 unspecified atom stereocenters. The van der Waals surface area contributed by atoms with Crippen LogP contribution in [0.2, 0.25) is 0 Å². The van der Waals surface area contributed by atoms with Gasteiger partial charge in [-0.25, -0.2) is 0 Å². The maximum absolute atomic E-state index is 12.6. The molecular weight excluding hydrogens is 431 g/mol. The molecule has 3 rings (SSSR count). The van der Waals surface area contributed by atoms with Crippen molar-refractivity contribution in [2.24, 2.45) is 0 Å². The number of carbonyl (C=O) groups is 2. The molecular formula is C19H19IN2O3. The third-order valence-corrected chi connectivity index (χ3v) is 5.24. The van der Waals surface area contributed by atoms with E-state index in [1.165, 1.54) is 0 Å². The van der Waals surface area contributed by atoms with Crippen LogP contribution in [-0.4, -0.2) is 54.9 Å². The maximum Gasteiger partial charge on any atom is 0.255 e. The Hall–Kier alpha value is -2.09. The molecule has 1 saturated heterocycles. The van der Waals surface area contributed by atoms with E-state index in [4.69, 9.17) is 4.74 Å². The van der Waals surface area contributed by atoms with Gasteiger partial charge in [0, 0.05) is 35.3 Å². The Morgan fingerprint density at radius 1 is 0.880 bits per heavy atom. The molecule has 130 valence electrons. The molecule has 0 radical (unpaired) electrons. The standard InChI is InChI=1S/C19H19IN2O3/c1-25-15-8-6-14(7-9-15)18(23)21-10-12-22(13-11-21)19(24)16-4-2-3-5-17(16)20/h2-9H,10-13H2,1H3. The van der Waals surface area contributed by atoms with E-state index in [2.05, 4.69) is 22.6 Å². The SMILES string of the molecule is COc1ccc(C(=O)N2CCN(C(=O)c3ccccc3I)CC2)cc1. The Morgan fingerprint density at radius 3 is 2.00 bits per heavy atom. The Bertz CT molecular complexity index is 768. The van der Waals surface area contributed by atoms with Crippen LogP contribution >= 0.6 is 22.6 Å². The zero-order valence-corrected chi connectivity index (χ0v) is 16.1. The molecule has 0 atom stereocenters. The molecule has 1 aliphatic rings. The van der Waals surface area contributed by atoms with Gasteiger partial charge in [-0.1, -0.05) is 12.1 Å². The molecule has 2 aromatic rings. The fourth-order valence-corrected chi connectivity index (χ4v) is 3.45. The first-order valence-corrected chi connectivity index (χ1v) is 9.15. The molecule has 25 heavy (non-hydrogen) atoms. The molecule has 0 spiro atoms. The summed E-state index contributed by atoms with van der Waals surface area (Å²) in [6, 6.07) is 14.7. The van der Waals surface area contributed by atoms with Gasteiger partial charge in [-0.05, 0) is 59.0 Å². The van der Waals surface area contributed by atoms with Crippen molar-refractivity contribution in [3.63, 3.8) is 0 Å². The number of hydrogen-bond donors (Lipinski definition) is 0. The zero-order valence-electron chi connectivity index (χ0n) is 13.9. The summed E-state index contributed by atoms with van der Waals surface area (Å²) >= 11 is 2.18. The molecule has 0 bridgehead atoms. The molecule has 2 aromatic carbocycles. The van der Waals surface area contributed by atoms with Crippen molar-refractivity contribution in [2.45, 2.75) is 0 Å². The number of amides is 2. The summed E-state index contributed by atoms with van der Waals surface area (Å²) in [5.41, 5.74) is 1.36. The second kappa shape index (κ2) is 7.86. The van der Waals surface area contributed by atoms with Crippen LogP contribution in [0.15, 0.2) is 48.5 Å². The van der Waals surface area contributed by atoms with Gasteiger partial charge in [-0.15, -0.1) is 0 Å². The molecule has 0 N–H and O–H groups in total. The number of piperazine rings is 1. The van der Waals surface area contributed by atoms with Gasteiger partial charge in [0.1, 0.15) is 5.75 Å². The summed E-state index contributed by atoms with van der Waals surface area (Å²) < 4.78 is 6.06. The Balaban J connectivity index is 1.62. The fourth-order valence-electron chi connectivity index (χ4n) is 2.83. The average molecular weight is 450 g/mol. The van der Waals surface area contributed by atoms with Gasteiger partial charge in [0.05, 0.1) is 12.7 Å². The third-order valence-electron chi connectivity index (χ3n) is 4.30. The Kier molecular flexibility index (Phi) is 5.57. The maximum atomic E-state index is 12.6. The summed E-state index contributed by atoms with van der Waals surface area (Å²) in [6.07, 6.45) is 0. The van der Waals surface area contributed by atoms with E-state index in [-0.39, 0.29) is 11.8 Å². The topological polar surface area (TPSA) is 49.9 Å². The van der Waals surface area contributed by atoms with Gasteiger partial charge in [0.25, 0.3) is 11.8 Å². The van der Waals surface area contributed by atoms with E-state index in [1.54, 1.807) is 36.3 Å². The average Bonchev–Trinajstić information content (AvgIpc) is 2.67. The molecule has 5 nitrogen and oxygen atoms in total. The molecule has 0 aromatic heterocycles. The monoisotopic (exact) mass is 450 g/mol. The number of hydrogen-bond acceptors (Lipinski definition) is 3. The summed E-state index contributed by atoms with van der Waals surface area (Å²) in [7, 11) is 1.60. The molecule has 2 amide bonds. The highest BCUT2D eigenvalue weighted by molar-refractivity contribution is 14.1. The normalized spacial score (nSPS) is 14.3. The molecule has 1 heterocycles. The molecule has 0 saturated carbocycles. The summed E-state index contributed by atoms with van der Waals surface area (Å²) in [5.74, 6) is 0.745. The summed E-state index contributed by atoms with van der Waals surface area (Å²) in [6.45, 7) is 2.18. The van der Waals surface area contributed by atoms with Crippen molar-refractivity contribution in [2.75, 3.05) is 33.3 Å². The molecule has 1 fully saturated rings. The van der Waals surface area contributed by atoms with Crippen molar-refractivity contribution in [3.05, 3.63) is 63.2 Å². The number of methoxy groups -OCH3 is 1. The number of carbonyl (C=O) groups excluding carboxylic acids is 2. The smallest absolute Gasteiger partial charge is 0.255 e. The van der Waals surface area contributed by atoms with Gasteiger partial charge in [0.2, 0.25) is 0 Å². The lowest BCUT2D eigenvalue weighted by Crippen LogP contribution is -2.50. The number of halogens is 1. The van der Waals surface area contributed by atoms with Gasteiger partial charge in [-0.3, -0.25) is 9.59 Å². The first-order valence-electron chi connectivity index (χ1n) is 8.07. The highest BCUT2D eigenvalue weighted by Gasteiger charge is 2.26. The summed E-state index contributed by atoms with van der Waals surface area (Å²) in [5, 5.41) is 0. The minimum atomic E-state index is -0.0101. The lowest BCUT2D eigenvalue weighted by molar-refractivity contribution is 0.0535. The van der Waals surface area contributed by atoms with Crippen LogP contribution in [0.5, 0.6) is 5.75 Å². The lowest BCUT2D eigenvalue weighted by Gasteiger charge is -2.35. The Labute approximate surface area is 160 Å². The van der Waals surface area contributed by atoms with Crippen LogP contribution in [0, 0.1) is 3.57 Å². The van der Waals surface area contributed by atoms with Gasteiger partial charge in [-0.2, -0.15) is 0 Å². The number of rotatable bonds is 3. The highest BCUT2D eigenvalue weighted by Crippen LogP contribution is 2.17. The number of ether oxygens (including phenoxy) is 1. The molecule has 0 aliphatic carbocycles. The lowest BCUT2D eigenvalue weighted by atomic mass is 10.1. The predicted octanol–water partition coefficient (Wildman–Crippen LogP) is 2.90. The zero-order chi connectivity index (χ0) is 17.8. The summed E-state index contributed by atoms with van der Waals surface area (Å²) in [4.78, 5) is 28.8.